The van der Waals surface area contributed by atoms with Crippen LogP contribution in [0.3, 0.4) is 0 Å². The Hall–Kier alpha value is -1.68. The Morgan fingerprint density at radius 1 is 1.25 bits per heavy atom. The number of carbonyl (C=O) groups is 1. The van der Waals surface area contributed by atoms with Crippen LogP contribution in [-0.2, 0) is 6.61 Å². The van der Waals surface area contributed by atoms with Gasteiger partial charge in [-0.05, 0) is 45.8 Å². The zero-order valence-corrected chi connectivity index (χ0v) is 12.6. The summed E-state index contributed by atoms with van der Waals surface area (Å²) in [5, 5.41) is 0. The van der Waals surface area contributed by atoms with Crippen molar-refractivity contribution in [1.29, 1.82) is 0 Å². The summed E-state index contributed by atoms with van der Waals surface area (Å²) in [6.45, 7) is 2.10. The highest BCUT2D eigenvalue weighted by atomic mass is 79.9. The first-order valence-corrected chi connectivity index (χ1v) is 7.10. The van der Waals surface area contributed by atoms with Crippen molar-refractivity contribution in [3.05, 3.63) is 63.9 Å². The molecule has 0 atom stereocenters. The molecule has 2 aromatic carbocycles. The fourth-order valence-electron chi connectivity index (χ4n) is 1.80. The van der Waals surface area contributed by atoms with Crippen LogP contribution in [0.1, 0.15) is 29.3 Å². The van der Waals surface area contributed by atoms with Crippen LogP contribution in [-0.4, -0.2) is 5.78 Å². The molecule has 0 N–H and O–H groups in total. The first-order valence-electron chi connectivity index (χ1n) is 6.30. The van der Waals surface area contributed by atoms with Gasteiger partial charge in [0.05, 0.1) is 10.0 Å². The van der Waals surface area contributed by atoms with Crippen LogP contribution in [0.4, 0.5) is 4.39 Å². The Labute approximate surface area is 125 Å². The monoisotopic (exact) mass is 336 g/mol. The van der Waals surface area contributed by atoms with Crippen molar-refractivity contribution < 1.29 is 13.9 Å². The van der Waals surface area contributed by atoms with Crippen LogP contribution in [0.5, 0.6) is 5.75 Å². The molecule has 0 heterocycles. The molecule has 4 heteroatoms. The van der Waals surface area contributed by atoms with Gasteiger partial charge in [-0.1, -0.05) is 25.1 Å². The van der Waals surface area contributed by atoms with Gasteiger partial charge in [0.15, 0.2) is 5.78 Å². The van der Waals surface area contributed by atoms with Gasteiger partial charge in [-0.2, -0.15) is 0 Å². The lowest BCUT2D eigenvalue weighted by molar-refractivity contribution is 0.0983. The van der Waals surface area contributed by atoms with Gasteiger partial charge in [0.25, 0.3) is 0 Å². The van der Waals surface area contributed by atoms with Crippen molar-refractivity contribution in [2.45, 2.75) is 20.0 Å². The van der Waals surface area contributed by atoms with Gasteiger partial charge >= 0.3 is 0 Å². The third kappa shape index (κ3) is 3.45. The summed E-state index contributed by atoms with van der Waals surface area (Å²) in [6, 6.07) is 11.9. The molecule has 20 heavy (non-hydrogen) atoms. The number of ketones is 1. The molecule has 0 spiro atoms. The van der Waals surface area contributed by atoms with E-state index in [2.05, 4.69) is 15.9 Å². The second kappa shape index (κ2) is 6.66. The summed E-state index contributed by atoms with van der Waals surface area (Å²) < 4.78 is 19.2. The van der Waals surface area contributed by atoms with E-state index in [-0.39, 0.29) is 18.2 Å². The third-order valence-electron chi connectivity index (χ3n) is 2.89. The summed E-state index contributed by atoms with van der Waals surface area (Å²) in [6.07, 6.45) is 0.433. The van der Waals surface area contributed by atoms with Crippen molar-refractivity contribution in [2.24, 2.45) is 0 Å². The second-order valence-corrected chi connectivity index (χ2v) is 5.16. The van der Waals surface area contributed by atoms with E-state index in [4.69, 9.17) is 4.74 Å². The molecule has 0 radical (unpaired) electrons. The van der Waals surface area contributed by atoms with E-state index in [0.717, 1.165) is 5.56 Å². The molecule has 0 aliphatic heterocycles. The average Bonchev–Trinajstić information content (AvgIpc) is 2.48. The largest absolute Gasteiger partial charge is 0.488 e. The first-order chi connectivity index (χ1) is 9.61. The van der Waals surface area contributed by atoms with Crippen molar-refractivity contribution in [3.63, 3.8) is 0 Å². The molecule has 0 saturated carbocycles. The lowest BCUT2D eigenvalue weighted by Gasteiger charge is -2.10. The zero-order chi connectivity index (χ0) is 14.5. The Bertz CT molecular complexity index is 626. The van der Waals surface area contributed by atoms with Crippen LogP contribution in [0, 0.1) is 5.82 Å². The molecule has 2 rings (SSSR count). The molecular formula is C16H14BrFO2. The second-order valence-electron chi connectivity index (χ2n) is 4.31. The summed E-state index contributed by atoms with van der Waals surface area (Å²) >= 11 is 3.14. The molecule has 0 unspecified atom stereocenters. The maximum absolute atomic E-state index is 13.1. The summed E-state index contributed by atoms with van der Waals surface area (Å²) in [7, 11) is 0. The quantitative estimate of drug-likeness (QED) is 0.736. The fraction of sp³-hybridized carbons (Fsp3) is 0.188. The molecule has 0 amide bonds. The van der Waals surface area contributed by atoms with E-state index in [1.807, 2.05) is 19.1 Å². The summed E-state index contributed by atoms with van der Waals surface area (Å²) in [5.74, 6) is 0.288. The highest BCUT2D eigenvalue weighted by Gasteiger charge is 2.10. The van der Waals surface area contributed by atoms with Gasteiger partial charge in [-0.25, -0.2) is 4.39 Å². The number of Topliss-reactive ketones (excluding diaryl/α,β-unsaturated/α-hetero) is 1. The first kappa shape index (κ1) is 14.7. The standard InChI is InChI=1S/C16H14BrFO2/c1-2-15(19)12-5-3-4-6-16(12)20-10-11-7-8-14(18)13(17)9-11/h3-9H,2,10H2,1H3. The fourth-order valence-corrected chi connectivity index (χ4v) is 2.23. The third-order valence-corrected chi connectivity index (χ3v) is 3.49. The molecule has 2 aromatic rings. The molecule has 2 nitrogen and oxygen atoms in total. The smallest absolute Gasteiger partial charge is 0.166 e. The number of hydrogen-bond acceptors (Lipinski definition) is 2. The number of carbonyl (C=O) groups excluding carboxylic acids is 1. The Morgan fingerprint density at radius 2 is 2.00 bits per heavy atom. The maximum atomic E-state index is 13.1. The van der Waals surface area contributed by atoms with Crippen LogP contribution in [0.15, 0.2) is 46.9 Å². The molecule has 0 aromatic heterocycles. The van der Waals surface area contributed by atoms with E-state index >= 15 is 0 Å². The van der Waals surface area contributed by atoms with Gasteiger partial charge in [-0.15, -0.1) is 0 Å². The van der Waals surface area contributed by atoms with E-state index in [0.29, 0.717) is 22.2 Å². The minimum absolute atomic E-state index is 0.0425. The molecular weight excluding hydrogens is 323 g/mol. The maximum Gasteiger partial charge on any atom is 0.166 e. The Balaban J connectivity index is 2.14. The topological polar surface area (TPSA) is 26.3 Å². The van der Waals surface area contributed by atoms with Gasteiger partial charge in [0.1, 0.15) is 18.2 Å². The minimum atomic E-state index is -0.310. The van der Waals surface area contributed by atoms with Gasteiger partial charge in [-0.3, -0.25) is 4.79 Å². The van der Waals surface area contributed by atoms with Crippen LogP contribution in [0.25, 0.3) is 0 Å². The molecule has 0 fully saturated rings. The van der Waals surface area contributed by atoms with Crippen LogP contribution >= 0.6 is 15.9 Å². The predicted octanol–water partition coefficient (Wildman–Crippen LogP) is 4.76. The van der Waals surface area contributed by atoms with Crippen LogP contribution in [0.2, 0.25) is 0 Å². The number of halogens is 2. The number of benzene rings is 2. The lowest BCUT2D eigenvalue weighted by atomic mass is 10.1. The zero-order valence-electron chi connectivity index (χ0n) is 11.0. The average molecular weight is 337 g/mol. The highest BCUT2D eigenvalue weighted by Crippen LogP contribution is 2.22. The molecule has 0 aliphatic rings. The molecule has 104 valence electrons. The van der Waals surface area contributed by atoms with E-state index in [1.54, 1.807) is 24.3 Å². The minimum Gasteiger partial charge on any atom is -0.488 e. The molecule has 0 bridgehead atoms. The Kier molecular flexibility index (Phi) is 4.90. The molecule has 0 saturated heterocycles. The number of rotatable bonds is 5. The normalized spacial score (nSPS) is 10.3. The van der Waals surface area contributed by atoms with Gasteiger partial charge in [0, 0.05) is 6.42 Å². The van der Waals surface area contributed by atoms with Crippen molar-refractivity contribution >= 4 is 21.7 Å². The van der Waals surface area contributed by atoms with Crippen LogP contribution < -0.4 is 4.74 Å². The molecule has 0 aliphatic carbocycles. The van der Waals surface area contributed by atoms with E-state index in [1.165, 1.54) is 6.07 Å². The Morgan fingerprint density at radius 3 is 2.70 bits per heavy atom. The summed E-state index contributed by atoms with van der Waals surface area (Å²) in [4.78, 5) is 11.8. The van der Waals surface area contributed by atoms with E-state index < -0.39 is 0 Å². The predicted molar refractivity (Wildman–Crippen MR) is 79.5 cm³/mol. The van der Waals surface area contributed by atoms with Crippen molar-refractivity contribution in [2.75, 3.05) is 0 Å². The lowest BCUT2D eigenvalue weighted by Crippen LogP contribution is -2.03. The highest BCUT2D eigenvalue weighted by molar-refractivity contribution is 9.10. The van der Waals surface area contributed by atoms with Crippen molar-refractivity contribution in [1.82, 2.24) is 0 Å². The van der Waals surface area contributed by atoms with E-state index in [9.17, 15) is 9.18 Å². The number of hydrogen-bond donors (Lipinski definition) is 0. The van der Waals surface area contributed by atoms with Gasteiger partial charge < -0.3 is 4.74 Å². The SMILES string of the molecule is CCC(=O)c1ccccc1OCc1ccc(F)c(Br)c1. The number of para-hydroxylation sites is 1. The van der Waals surface area contributed by atoms with Crippen molar-refractivity contribution in [3.8, 4) is 5.75 Å². The van der Waals surface area contributed by atoms with Gasteiger partial charge in [0.2, 0.25) is 0 Å². The summed E-state index contributed by atoms with van der Waals surface area (Å²) in [5.41, 5.74) is 1.41. The number of ether oxygens (including phenoxy) is 1.